The summed E-state index contributed by atoms with van der Waals surface area (Å²) in [5.74, 6) is 0.151. The summed E-state index contributed by atoms with van der Waals surface area (Å²) in [5.41, 5.74) is 2.65. The largest absolute Gasteiger partial charge is 0.451 e. The molecule has 1 aliphatic carbocycles. The van der Waals surface area contributed by atoms with Crippen molar-refractivity contribution in [1.82, 2.24) is 4.90 Å². The van der Waals surface area contributed by atoms with Crippen LogP contribution in [0.3, 0.4) is 0 Å². The van der Waals surface area contributed by atoms with Crippen molar-refractivity contribution in [2.24, 2.45) is 0 Å². The van der Waals surface area contributed by atoms with Crippen molar-refractivity contribution in [3.63, 3.8) is 0 Å². The van der Waals surface area contributed by atoms with E-state index in [0.717, 1.165) is 34.9 Å². The number of aryl methyl sites for hydroxylation is 2. The van der Waals surface area contributed by atoms with Gasteiger partial charge in [-0.3, -0.25) is 4.79 Å². The molecule has 0 radical (unpaired) electrons. The van der Waals surface area contributed by atoms with Crippen LogP contribution in [0.25, 0.3) is 11.0 Å². The van der Waals surface area contributed by atoms with Crippen LogP contribution < -0.4 is 0 Å². The van der Waals surface area contributed by atoms with E-state index in [1.54, 1.807) is 19.1 Å². The topological polar surface area (TPSA) is 62.9 Å². The molecule has 1 N–H and O–H groups in total. The Morgan fingerprint density at radius 1 is 1.35 bits per heavy atom. The SMILES string of the molecule is CO[C@@H]1CC[C@@H](N(C)C(=O)c2oc3cc(C)ccc3c2C)[C@H]1O. The Labute approximate surface area is 135 Å². The molecule has 0 unspecified atom stereocenters. The van der Waals surface area contributed by atoms with E-state index in [4.69, 9.17) is 9.15 Å². The van der Waals surface area contributed by atoms with Crippen molar-refractivity contribution in [3.05, 3.63) is 35.1 Å². The van der Waals surface area contributed by atoms with Gasteiger partial charge in [0.25, 0.3) is 5.91 Å². The van der Waals surface area contributed by atoms with Crippen LogP contribution in [-0.4, -0.2) is 48.3 Å². The summed E-state index contributed by atoms with van der Waals surface area (Å²) in [6.07, 6.45) is 0.592. The Balaban J connectivity index is 1.90. The fraction of sp³-hybridized carbons (Fsp3) is 0.500. The smallest absolute Gasteiger partial charge is 0.289 e. The van der Waals surface area contributed by atoms with Crippen LogP contribution in [0, 0.1) is 13.8 Å². The van der Waals surface area contributed by atoms with Crippen LogP contribution in [0.1, 0.15) is 34.5 Å². The van der Waals surface area contributed by atoms with Gasteiger partial charge >= 0.3 is 0 Å². The Bertz CT molecular complexity index is 736. The van der Waals surface area contributed by atoms with Crippen LogP contribution in [0.15, 0.2) is 22.6 Å². The van der Waals surface area contributed by atoms with Crippen molar-refractivity contribution in [2.75, 3.05) is 14.2 Å². The van der Waals surface area contributed by atoms with Gasteiger partial charge in [-0.15, -0.1) is 0 Å². The molecule has 1 aromatic carbocycles. The lowest BCUT2D eigenvalue weighted by atomic mass is 10.1. The van der Waals surface area contributed by atoms with Gasteiger partial charge < -0.3 is 19.2 Å². The zero-order valence-corrected chi connectivity index (χ0v) is 14.0. The molecule has 0 spiro atoms. The maximum absolute atomic E-state index is 12.8. The second kappa shape index (κ2) is 5.98. The van der Waals surface area contributed by atoms with E-state index in [1.165, 1.54) is 0 Å². The molecule has 0 aliphatic heterocycles. The van der Waals surface area contributed by atoms with E-state index >= 15 is 0 Å². The first kappa shape index (κ1) is 16.0. The molecule has 1 saturated carbocycles. The number of fused-ring (bicyclic) bond motifs is 1. The number of aliphatic hydroxyl groups excluding tert-OH is 1. The van der Waals surface area contributed by atoms with Gasteiger partial charge in [0.1, 0.15) is 11.7 Å². The third kappa shape index (κ3) is 2.64. The Kier molecular flexibility index (Phi) is 4.17. The van der Waals surface area contributed by atoms with Gasteiger partial charge in [-0.2, -0.15) is 0 Å². The summed E-state index contributed by atoms with van der Waals surface area (Å²) in [5, 5.41) is 11.3. The maximum atomic E-state index is 12.8. The highest BCUT2D eigenvalue weighted by Crippen LogP contribution is 2.30. The van der Waals surface area contributed by atoms with E-state index < -0.39 is 6.10 Å². The Morgan fingerprint density at radius 3 is 2.74 bits per heavy atom. The van der Waals surface area contributed by atoms with Crippen molar-refractivity contribution in [1.29, 1.82) is 0 Å². The van der Waals surface area contributed by atoms with Crippen molar-refractivity contribution < 1.29 is 19.1 Å². The van der Waals surface area contributed by atoms with Gasteiger partial charge in [0.15, 0.2) is 5.76 Å². The molecule has 0 saturated heterocycles. The van der Waals surface area contributed by atoms with Crippen molar-refractivity contribution in [2.45, 2.75) is 44.9 Å². The molecule has 1 aromatic heterocycles. The number of methoxy groups -OCH3 is 1. The first-order valence-corrected chi connectivity index (χ1v) is 7.91. The molecule has 1 aliphatic rings. The van der Waals surface area contributed by atoms with Gasteiger partial charge in [0, 0.05) is 25.1 Å². The van der Waals surface area contributed by atoms with Crippen LogP contribution >= 0.6 is 0 Å². The van der Waals surface area contributed by atoms with Crippen molar-refractivity contribution in [3.8, 4) is 0 Å². The summed E-state index contributed by atoms with van der Waals surface area (Å²) in [4.78, 5) is 14.4. The zero-order valence-electron chi connectivity index (χ0n) is 14.0. The second-order valence-electron chi connectivity index (χ2n) is 6.38. The average molecular weight is 317 g/mol. The summed E-state index contributed by atoms with van der Waals surface area (Å²) in [6, 6.07) is 5.67. The van der Waals surface area contributed by atoms with Gasteiger partial charge in [0.2, 0.25) is 0 Å². The number of hydrogen-bond donors (Lipinski definition) is 1. The molecule has 3 atom stereocenters. The van der Waals surface area contributed by atoms with E-state index in [9.17, 15) is 9.90 Å². The van der Waals surface area contributed by atoms with E-state index in [-0.39, 0.29) is 18.1 Å². The number of amides is 1. The number of likely N-dealkylation sites (N-methyl/N-ethyl adjacent to an activating group) is 1. The van der Waals surface area contributed by atoms with E-state index in [2.05, 4.69) is 0 Å². The monoisotopic (exact) mass is 317 g/mol. The molecule has 23 heavy (non-hydrogen) atoms. The van der Waals surface area contributed by atoms with Gasteiger partial charge in [-0.05, 0) is 38.3 Å². The predicted octanol–water partition coefficient (Wildman–Crippen LogP) is 2.66. The number of hydrogen-bond acceptors (Lipinski definition) is 4. The predicted molar refractivity (Wildman–Crippen MR) is 87.6 cm³/mol. The van der Waals surface area contributed by atoms with Crippen LogP contribution in [-0.2, 0) is 4.74 Å². The molecule has 1 heterocycles. The molecule has 2 aromatic rings. The highest BCUT2D eigenvalue weighted by molar-refractivity contribution is 5.99. The lowest BCUT2D eigenvalue weighted by Gasteiger charge is -2.27. The highest BCUT2D eigenvalue weighted by Gasteiger charge is 2.39. The third-order valence-electron chi connectivity index (χ3n) is 4.93. The first-order valence-electron chi connectivity index (χ1n) is 7.91. The number of rotatable bonds is 3. The molecule has 124 valence electrons. The number of carbonyl (C=O) groups is 1. The fourth-order valence-electron chi connectivity index (χ4n) is 3.45. The average Bonchev–Trinajstić information content (AvgIpc) is 3.06. The first-order chi connectivity index (χ1) is 10.9. The lowest BCUT2D eigenvalue weighted by molar-refractivity contribution is -0.0160. The van der Waals surface area contributed by atoms with Gasteiger partial charge in [0.05, 0.1) is 12.1 Å². The normalized spacial score (nSPS) is 24.3. The standard InChI is InChI=1S/C18H23NO4/c1-10-5-6-12-11(2)17(23-15(12)9-10)18(21)19(3)13-7-8-14(22-4)16(13)20/h5-6,9,13-14,16,20H,7-8H2,1-4H3/t13-,14-,16-/m1/s1. The Morgan fingerprint density at radius 2 is 2.09 bits per heavy atom. The summed E-state index contributed by atoms with van der Waals surface area (Å²) in [7, 11) is 3.30. The molecular formula is C18H23NO4. The number of nitrogens with zero attached hydrogens (tertiary/aromatic N) is 1. The van der Waals surface area contributed by atoms with Gasteiger partial charge in [-0.1, -0.05) is 12.1 Å². The molecular weight excluding hydrogens is 294 g/mol. The van der Waals surface area contributed by atoms with E-state index in [1.807, 2.05) is 32.0 Å². The molecule has 0 bridgehead atoms. The summed E-state index contributed by atoms with van der Waals surface area (Å²) in [6.45, 7) is 3.88. The van der Waals surface area contributed by atoms with Crippen molar-refractivity contribution >= 4 is 16.9 Å². The number of aliphatic hydroxyl groups is 1. The highest BCUT2D eigenvalue weighted by atomic mass is 16.5. The fourth-order valence-corrected chi connectivity index (χ4v) is 3.45. The molecule has 5 heteroatoms. The van der Waals surface area contributed by atoms with E-state index in [0.29, 0.717) is 5.76 Å². The number of furan rings is 1. The van der Waals surface area contributed by atoms with Crippen LogP contribution in [0.5, 0.6) is 0 Å². The quantitative estimate of drug-likeness (QED) is 0.945. The minimum Gasteiger partial charge on any atom is -0.451 e. The number of ether oxygens (including phenoxy) is 1. The Hall–Kier alpha value is -1.85. The maximum Gasteiger partial charge on any atom is 0.289 e. The van der Waals surface area contributed by atoms with Gasteiger partial charge in [-0.25, -0.2) is 0 Å². The molecule has 1 amide bonds. The molecule has 5 nitrogen and oxygen atoms in total. The summed E-state index contributed by atoms with van der Waals surface area (Å²) < 4.78 is 11.1. The minimum atomic E-state index is -0.666. The number of carbonyl (C=O) groups excluding carboxylic acids is 1. The molecule has 3 rings (SSSR count). The minimum absolute atomic E-state index is 0.197. The lowest BCUT2D eigenvalue weighted by Crippen LogP contribution is -2.44. The summed E-state index contributed by atoms with van der Waals surface area (Å²) >= 11 is 0. The molecule has 1 fully saturated rings. The van der Waals surface area contributed by atoms with Crippen LogP contribution in [0.2, 0.25) is 0 Å². The number of benzene rings is 1. The third-order valence-corrected chi connectivity index (χ3v) is 4.93. The second-order valence-corrected chi connectivity index (χ2v) is 6.38. The van der Waals surface area contributed by atoms with Crippen LogP contribution in [0.4, 0.5) is 0 Å². The zero-order chi connectivity index (χ0) is 16.7.